The second-order valence-corrected chi connectivity index (χ2v) is 6.87. The van der Waals surface area contributed by atoms with Gasteiger partial charge >= 0.3 is 5.97 Å². The third-order valence-corrected chi connectivity index (χ3v) is 4.64. The number of hydrogen-bond donors (Lipinski definition) is 2. The third kappa shape index (κ3) is 4.94. The topological polar surface area (TPSA) is 88.1 Å². The first kappa shape index (κ1) is 19.5. The fraction of sp³-hybridized carbons (Fsp3) is 0.0500. The van der Waals surface area contributed by atoms with E-state index >= 15 is 0 Å². The smallest absolute Gasteiger partial charge is 0.342 e. The molecule has 3 aromatic rings. The molecule has 0 aliphatic heterocycles. The molecule has 0 bridgehead atoms. The molecule has 28 heavy (non-hydrogen) atoms. The summed E-state index contributed by atoms with van der Waals surface area (Å²) in [6, 6.07) is 14.1. The van der Waals surface area contributed by atoms with Crippen LogP contribution in [0.1, 0.15) is 5.56 Å². The first-order chi connectivity index (χ1) is 13.6. The SMILES string of the molecule is C#CCOc1ccccc1/C=C(\Sc1n[nH]c(-c2ccc(Cl)cc2)n1)C(=O)O. The van der Waals surface area contributed by atoms with Crippen LogP contribution in [0, 0.1) is 12.3 Å². The zero-order chi connectivity index (χ0) is 19.9. The number of rotatable bonds is 7. The lowest BCUT2D eigenvalue weighted by Gasteiger charge is -2.07. The van der Waals surface area contributed by atoms with E-state index in [-0.39, 0.29) is 16.7 Å². The summed E-state index contributed by atoms with van der Waals surface area (Å²) in [5, 5.41) is 17.3. The van der Waals surface area contributed by atoms with E-state index in [4.69, 9.17) is 22.8 Å². The van der Waals surface area contributed by atoms with E-state index in [1.807, 2.05) is 0 Å². The number of nitrogens with one attached hydrogen (secondary N) is 1. The largest absolute Gasteiger partial charge is 0.480 e. The molecule has 0 saturated heterocycles. The Hall–Kier alpha value is -3.21. The highest BCUT2D eigenvalue weighted by molar-refractivity contribution is 8.04. The number of aliphatic carboxylic acids is 1. The highest BCUT2D eigenvalue weighted by Gasteiger charge is 2.15. The predicted molar refractivity (Wildman–Crippen MR) is 109 cm³/mol. The summed E-state index contributed by atoms with van der Waals surface area (Å²) in [4.78, 5) is 16.1. The fourth-order valence-electron chi connectivity index (χ4n) is 2.25. The number of ether oxygens (including phenoxy) is 1. The summed E-state index contributed by atoms with van der Waals surface area (Å²) in [6.07, 6.45) is 6.72. The molecule has 0 saturated carbocycles. The summed E-state index contributed by atoms with van der Waals surface area (Å²) in [6.45, 7) is 0.0891. The van der Waals surface area contributed by atoms with Gasteiger partial charge in [0.2, 0.25) is 5.16 Å². The Balaban J connectivity index is 1.85. The first-order valence-electron chi connectivity index (χ1n) is 8.03. The van der Waals surface area contributed by atoms with Crippen molar-refractivity contribution in [3.63, 3.8) is 0 Å². The molecule has 2 N–H and O–H groups in total. The van der Waals surface area contributed by atoms with Gasteiger partial charge in [0.15, 0.2) is 5.82 Å². The molecule has 0 aliphatic carbocycles. The van der Waals surface area contributed by atoms with E-state index in [0.29, 0.717) is 22.2 Å². The highest BCUT2D eigenvalue weighted by atomic mass is 35.5. The number of carbonyl (C=O) groups is 1. The van der Waals surface area contributed by atoms with Crippen LogP contribution in [0.2, 0.25) is 5.02 Å². The van der Waals surface area contributed by atoms with Crippen LogP contribution in [-0.4, -0.2) is 32.9 Å². The average molecular weight is 412 g/mol. The van der Waals surface area contributed by atoms with E-state index in [1.165, 1.54) is 6.08 Å². The van der Waals surface area contributed by atoms with Crippen molar-refractivity contribution in [2.75, 3.05) is 6.61 Å². The minimum atomic E-state index is -1.10. The Bertz CT molecular complexity index is 1060. The third-order valence-electron chi connectivity index (χ3n) is 3.51. The molecule has 6 nitrogen and oxygen atoms in total. The second-order valence-electron chi connectivity index (χ2n) is 5.42. The van der Waals surface area contributed by atoms with Crippen molar-refractivity contribution in [3.8, 4) is 29.5 Å². The number of nitrogens with zero attached hydrogens (tertiary/aromatic N) is 2. The Morgan fingerprint density at radius 1 is 1.29 bits per heavy atom. The Morgan fingerprint density at radius 2 is 2.04 bits per heavy atom. The molecule has 0 unspecified atom stereocenters. The van der Waals surface area contributed by atoms with Crippen molar-refractivity contribution >= 4 is 35.4 Å². The lowest BCUT2D eigenvalue weighted by Crippen LogP contribution is -1.99. The molecule has 3 rings (SSSR count). The van der Waals surface area contributed by atoms with Crippen molar-refractivity contribution in [2.45, 2.75) is 5.16 Å². The number of carboxylic acid groups (broad SMARTS) is 1. The number of para-hydroxylation sites is 1. The molecule has 0 fully saturated rings. The highest BCUT2D eigenvalue weighted by Crippen LogP contribution is 2.30. The van der Waals surface area contributed by atoms with Crippen LogP contribution in [-0.2, 0) is 4.79 Å². The van der Waals surface area contributed by atoms with E-state index in [2.05, 4.69) is 21.1 Å². The first-order valence-corrected chi connectivity index (χ1v) is 9.22. The minimum absolute atomic E-state index is 0.0402. The van der Waals surface area contributed by atoms with Crippen LogP contribution >= 0.6 is 23.4 Å². The fourth-order valence-corrected chi connectivity index (χ4v) is 3.08. The number of terminal acetylenes is 1. The molecule has 1 aromatic heterocycles. The molecule has 8 heteroatoms. The molecule has 2 aromatic carbocycles. The number of halogens is 1. The Morgan fingerprint density at radius 3 is 2.75 bits per heavy atom. The van der Waals surface area contributed by atoms with Gasteiger partial charge in [-0.2, -0.15) is 0 Å². The van der Waals surface area contributed by atoms with Crippen molar-refractivity contribution < 1.29 is 14.6 Å². The molecular weight excluding hydrogens is 398 g/mol. The van der Waals surface area contributed by atoms with E-state index in [1.54, 1.807) is 48.5 Å². The zero-order valence-corrected chi connectivity index (χ0v) is 16.0. The van der Waals surface area contributed by atoms with Crippen LogP contribution in [0.15, 0.2) is 58.6 Å². The van der Waals surface area contributed by atoms with Crippen LogP contribution in [0.4, 0.5) is 0 Å². The lowest BCUT2D eigenvalue weighted by atomic mass is 10.2. The summed E-state index contributed by atoms with van der Waals surface area (Å²) in [5.41, 5.74) is 1.38. The van der Waals surface area contributed by atoms with Gasteiger partial charge in [-0.15, -0.1) is 11.5 Å². The molecule has 140 valence electrons. The number of aromatic nitrogens is 3. The van der Waals surface area contributed by atoms with Gasteiger partial charge < -0.3 is 9.84 Å². The maximum atomic E-state index is 11.7. The van der Waals surface area contributed by atoms with Crippen molar-refractivity contribution in [1.29, 1.82) is 0 Å². The number of benzene rings is 2. The normalized spacial score (nSPS) is 11.1. The van der Waals surface area contributed by atoms with Gasteiger partial charge in [-0.1, -0.05) is 35.7 Å². The van der Waals surface area contributed by atoms with Gasteiger partial charge in [0.1, 0.15) is 17.3 Å². The van der Waals surface area contributed by atoms with Crippen LogP contribution in [0.3, 0.4) is 0 Å². The monoisotopic (exact) mass is 411 g/mol. The molecule has 0 spiro atoms. The van der Waals surface area contributed by atoms with Crippen LogP contribution in [0.5, 0.6) is 5.75 Å². The summed E-state index contributed by atoms with van der Waals surface area (Å²) in [7, 11) is 0. The van der Waals surface area contributed by atoms with Crippen molar-refractivity contribution in [1.82, 2.24) is 15.2 Å². The second kappa shape index (κ2) is 9.13. The van der Waals surface area contributed by atoms with Gasteiger partial charge in [0.25, 0.3) is 0 Å². The van der Waals surface area contributed by atoms with Gasteiger partial charge in [-0.25, -0.2) is 9.78 Å². The summed E-state index contributed by atoms with van der Waals surface area (Å²) < 4.78 is 5.46. The number of aromatic amines is 1. The van der Waals surface area contributed by atoms with Gasteiger partial charge in [-0.3, -0.25) is 5.10 Å². The maximum absolute atomic E-state index is 11.7. The van der Waals surface area contributed by atoms with Gasteiger partial charge in [0, 0.05) is 16.1 Å². The molecule has 1 heterocycles. The molecular formula is C20H14ClN3O3S. The lowest BCUT2D eigenvalue weighted by molar-refractivity contribution is -0.131. The number of thioether (sulfide) groups is 1. The van der Waals surface area contributed by atoms with Crippen molar-refractivity contribution in [3.05, 3.63) is 64.0 Å². The average Bonchev–Trinajstić information content (AvgIpc) is 3.16. The quantitative estimate of drug-likeness (QED) is 0.341. The van der Waals surface area contributed by atoms with E-state index < -0.39 is 5.97 Å². The molecule has 0 amide bonds. The zero-order valence-electron chi connectivity index (χ0n) is 14.4. The number of carboxylic acids is 1. The van der Waals surface area contributed by atoms with E-state index in [9.17, 15) is 9.90 Å². The Kier molecular flexibility index (Phi) is 6.37. The Labute approximate surface area is 170 Å². The van der Waals surface area contributed by atoms with Crippen LogP contribution < -0.4 is 4.74 Å². The molecule has 0 radical (unpaired) electrons. The number of hydrogen-bond acceptors (Lipinski definition) is 5. The van der Waals surface area contributed by atoms with Crippen LogP contribution in [0.25, 0.3) is 17.5 Å². The minimum Gasteiger partial charge on any atom is -0.480 e. The van der Waals surface area contributed by atoms with Gasteiger partial charge in [-0.05, 0) is 48.2 Å². The summed E-state index contributed by atoms with van der Waals surface area (Å²) >= 11 is 6.81. The van der Waals surface area contributed by atoms with E-state index in [0.717, 1.165) is 17.3 Å². The van der Waals surface area contributed by atoms with Gasteiger partial charge in [0.05, 0.1) is 0 Å². The predicted octanol–water partition coefficient (Wildman–Crippen LogP) is 4.35. The summed E-state index contributed by atoms with van der Waals surface area (Å²) in [5.74, 6) is 2.29. The maximum Gasteiger partial charge on any atom is 0.342 e. The molecule has 0 aliphatic rings. The number of H-pyrrole nitrogens is 1. The standard InChI is InChI=1S/C20H14ClN3O3S/c1-2-11-27-16-6-4-3-5-14(16)12-17(19(25)26)28-20-22-18(23-24-20)13-7-9-15(21)10-8-13/h1,3-10,12H,11H2,(H,25,26)(H,22,23,24)/b17-12-. The molecule has 0 atom stereocenters. The van der Waals surface area contributed by atoms with Crippen molar-refractivity contribution in [2.24, 2.45) is 0 Å².